The van der Waals surface area contributed by atoms with Gasteiger partial charge in [0.2, 0.25) is 0 Å². The molecule has 1 aromatic carbocycles. The lowest BCUT2D eigenvalue weighted by molar-refractivity contribution is -0.147. The summed E-state index contributed by atoms with van der Waals surface area (Å²) >= 11 is 0. The van der Waals surface area contributed by atoms with Gasteiger partial charge in [-0.25, -0.2) is 4.79 Å². The van der Waals surface area contributed by atoms with Crippen LogP contribution < -0.4 is 14.8 Å². The van der Waals surface area contributed by atoms with Crippen LogP contribution in [0.3, 0.4) is 0 Å². The fourth-order valence-corrected chi connectivity index (χ4v) is 2.57. The van der Waals surface area contributed by atoms with E-state index in [0.717, 1.165) is 31.7 Å². The molecule has 21 heavy (non-hydrogen) atoms. The Morgan fingerprint density at radius 1 is 1.14 bits per heavy atom. The van der Waals surface area contributed by atoms with Gasteiger partial charge in [0.15, 0.2) is 11.5 Å². The van der Waals surface area contributed by atoms with Gasteiger partial charge in [-0.2, -0.15) is 0 Å². The van der Waals surface area contributed by atoms with E-state index in [1.807, 2.05) is 18.2 Å². The molecule has 6 heteroatoms. The van der Waals surface area contributed by atoms with Gasteiger partial charge in [-0.1, -0.05) is 6.07 Å². The normalized spacial score (nSPS) is 17.1. The second kappa shape index (κ2) is 7.28. The van der Waals surface area contributed by atoms with Gasteiger partial charge >= 0.3 is 5.97 Å². The van der Waals surface area contributed by atoms with Crippen LogP contribution in [0.1, 0.15) is 11.6 Å². The summed E-state index contributed by atoms with van der Waals surface area (Å²) in [5, 5.41) is 3.28. The van der Waals surface area contributed by atoms with Crippen molar-refractivity contribution in [3.8, 4) is 11.5 Å². The average Bonchev–Trinajstić information content (AvgIpc) is 2.55. The summed E-state index contributed by atoms with van der Waals surface area (Å²) in [6.07, 6.45) is 0. The van der Waals surface area contributed by atoms with Crippen LogP contribution >= 0.6 is 0 Å². The number of nitrogens with zero attached hydrogens (tertiary/aromatic N) is 1. The average molecular weight is 294 g/mol. The molecule has 0 saturated carbocycles. The van der Waals surface area contributed by atoms with Crippen molar-refractivity contribution in [1.82, 2.24) is 10.2 Å². The van der Waals surface area contributed by atoms with Crippen LogP contribution in [0.5, 0.6) is 11.5 Å². The maximum absolute atomic E-state index is 12.2. The standard InChI is InChI=1S/C15H22N2O4/c1-19-12-5-4-11(10-13(12)20-2)14(15(18)21-3)17-8-6-16-7-9-17/h4-5,10,14,16H,6-9H2,1-3H3. The van der Waals surface area contributed by atoms with Gasteiger partial charge in [0, 0.05) is 26.2 Å². The van der Waals surface area contributed by atoms with Gasteiger partial charge in [-0.05, 0) is 17.7 Å². The zero-order valence-corrected chi connectivity index (χ0v) is 12.7. The highest BCUT2D eigenvalue weighted by atomic mass is 16.5. The van der Waals surface area contributed by atoms with E-state index in [4.69, 9.17) is 14.2 Å². The number of carbonyl (C=O) groups is 1. The fourth-order valence-electron chi connectivity index (χ4n) is 2.57. The van der Waals surface area contributed by atoms with E-state index >= 15 is 0 Å². The molecular weight excluding hydrogens is 272 g/mol. The first-order valence-electron chi connectivity index (χ1n) is 6.95. The number of carbonyl (C=O) groups excluding carboxylic acids is 1. The van der Waals surface area contributed by atoms with E-state index < -0.39 is 6.04 Å². The van der Waals surface area contributed by atoms with Crippen molar-refractivity contribution in [1.29, 1.82) is 0 Å². The first kappa shape index (κ1) is 15.6. The summed E-state index contributed by atoms with van der Waals surface area (Å²) in [7, 11) is 4.59. The Kier molecular flexibility index (Phi) is 5.41. The van der Waals surface area contributed by atoms with Crippen LogP contribution in [0, 0.1) is 0 Å². The molecule has 1 N–H and O–H groups in total. The lowest BCUT2D eigenvalue weighted by Gasteiger charge is -2.33. The third-order valence-corrected chi connectivity index (χ3v) is 3.66. The summed E-state index contributed by atoms with van der Waals surface area (Å²) < 4.78 is 15.5. The predicted octanol–water partition coefficient (Wildman–Crippen LogP) is 0.823. The molecule has 0 amide bonds. The fraction of sp³-hybridized carbons (Fsp3) is 0.533. The lowest BCUT2D eigenvalue weighted by atomic mass is 10.0. The second-order valence-corrected chi connectivity index (χ2v) is 4.83. The Balaban J connectivity index is 2.33. The van der Waals surface area contributed by atoms with E-state index in [1.54, 1.807) is 14.2 Å². The highest BCUT2D eigenvalue weighted by Crippen LogP contribution is 2.32. The Hall–Kier alpha value is -1.79. The minimum atomic E-state index is -0.420. The number of rotatable bonds is 5. The highest BCUT2D eigenvalue weighted by Gasteiger charge is 2.30. The molecule has 0 aliphatic carbocycles. The molecule has 1 atom stereocenters. The van der Waals surface area contributed by atoms with Crippen LogP contribution in [0.4, 0.5) is 0 Å². The van der Waals surface area contributed by atoms with Crippen LogP contribution in [0.15, 0.2) is 18.2 Å². The molecule has 1 saturated heterocycles. The molecule has 1 fully saturated rings. The Morgan fingerprint density at radius 2 is 1.81 bits per heavy atom. The van der Waals surface area contributed by atoms with E-state index in [1.165, 1.54) is 7.11 Å². The van der Waals surface area contributed by atoms with Gasteiger partial charge in [-0.15, -0.1) is 0 Å². The summed E-state index contributed by atoms with van der Waals surface area (Å²) in [5.41, 5.74) is 0.849. The van der Waals surface area contributed by atoms with Crippen LogP contribution in [-0.4, -0.2) is 58.4 Å². The van der Waals surface area contributed by atoms with E-state index in [2.05, 4.69) is 10.2 Å². The number of hydrogen-bond acceptors (Lipinski definition) is 6. The molecule has 1 aromatic rings. The number of benzene rings is 1. The molecule has 1 unspecified atom stereocenters. The van der Waals surface area contributed by atoms with Crippen molar-refractivity contribution in [2.45, 2.75) is 6.04 Å². The van der Waals surface area contributed by atoms with Crippen molar-refractivity contribution in [2.75, 3.05) is 47.5 Å². The minimum Gasteiger partial charge on any atom is -0.493 e. The summed E-state index contributed by atoms with van der Waals surface area (Å²) in [6.45, 7) is 3.32. The zero-order valence-electron chi connectivity index (χ0n) is 12.7. The smallest absolute Gasteiger partial charge is 0.327 e. The number of esters is 1. The highest BCUT2D eigenvalue weighted by molar-refractivity contribution is 5.78. The van der Waals surface area contributed by atoms with Crippen molar-refractivity contribution in [3.05, 3.63) is 23.8 Å². The van der Waals surface area contributed by atoms with Gasteiger partial charge in [-0.3, -0.25) is 4.90 Å². The maximum Gasteiger partial charge on any atom is 0.327 e. The summed E-state index contributed by atoms with van der Waals surface area (Å²) in [6, 6.07) is 5.11. The Labute approximate surface area is 125 Å². The zero-order chi connectivity index (χ0) is 15.2. The topological polar surface area (TPSA) is 60.0 Å². The number of hydrogen-bond donors (Lipinski definition) is 1. The number of methoxy groups -OCH3 is 3. The molecule has 0 bridgehead atoms. The first-order valence-corrected chi connectivity index (χ1v) is 6.95. The number of ether oxygens (including phenoxy) is 3. The van der Waals surface area contributed by atoms with E-state index in [9.17, 15) is 4.79 Å². The van der Waals surface area contributed by atoms with Crippen LogP contribution in [0.25, 0.3) is 0 Å². The summed E-state index contributed by atoms with van der Waals surface area (Å²) in [5.74, 6) is 0.994. The Bertz CT molecular complexity index is 487. The Morgan fingerprint density at radius 3 is 2.38 bits per heavy atom. The summed E-state index contributed by atoms with van der Waals surface area (Å²) in [4.78, 5) is 14.3. The van der Waals surface area contributed by atoms with Gasteiger partial charge in [0.05, 0.1) is 21.3 Å². The van der Waals surface area contributed by atoms with Crippen molar-refractivity contribution in [3.63, 3.8) is 0 Å². The molecule has 1 aliphatic rings. The van der Waals surface area contributed by atoms with Crippen LogP contribution in [0.2, 0.25) is 0 Å². The SMILES string of the molecule is COC(=O)C(c1ccc(OC)c(OC)c1)N1CCNCC1. The molecule has 0 radical (unpaired) electrons. The molecular formula is C15H22N2O4. The quantitative estimate of drug-likeness (QED) is 0.812. The number of nitrogens with one attached hydrogen (secondary N) is 1. The molecule has 6 nitrogen and oxygen atoms in total. The largest absolute Gasteiger partial charge is 0.493 e. The number of piperazine rings is 1. The molecule has 2 rings (SSSR count). The molecule has 0 spiro atoms. The van der Waals surface area contributed by atoms with Gasteiger partial charge in [0.1, 0.15) is 6.04 Å². The van der Waals surface area contributed by atoms with E-state index in [0.29, 0.717) is 11.5 Å². The van der Waals surface area contributed by atoms with Gasteiger partial charge < -0.3 is 19.5 Å². The first-order chi connectivity index (χ1) is 10.2. The molecule has 116 valence electrons. The lowest BCUT2D eigenvalue weighted by Crippen LogP contribution is -2.47. The molecule has 1 heterocycles. The van der Waals surface area contributed by atoms with Crippen molar-refractivity contribution in [2.24, 2.45) is 0 Å². The minimum absolute atomic E-state index is 0.260. The van der Waals surface area contributed by atoms with Crippen LogP contribution in [-0.2, 0) is 9.53 Å². The van der Waals surface area contributed by atoms with Crippen molar-refractivity contribution >= 4 is 5.97 Å². The third kappa shape index (κ3) is 3.46. The molecule has 1 aliphatic heterocycles. The van der Waals surface area contributed by atoms with Gasteiger partial charge in [0.25, 0.3) is 0 Å². The monoisotopic (exact) mass is 294 g/mol. The van der Waals surface area contributed by atoms with E-state index in [-0.39, 0.29) is 5.97 Å². The third-order valence-electron chi connectivity index (χ3n) is 3.66. The maximum atomic E-state index is 12.2. The predicted molar refractivity (Wildman–Crippen MR) is 78.7 cm³/mol. The molecule has 0 aromatic heterocycles. The van der Waals surface area contributed by atoms with Crippen molar-refractivity contribution < 1.29 is 19.0 Å². The second-order valence-electron chi connectivity index (χ2n) is 4.83.